The highest BCUT2D eigenvalue weighted by Gasteiger charge is 2.56. The van der Waals surface area contributed by atoms with Gasteiger partial charge in [0.25, 0.3) is 0 Å². The third-order valence-corrected chi connectivity index (χ3v) is 6.04. The van der Waals surface area contributed by atoms with Crippen molar-refractivity contribution < 1.29 is 4.74 Å². The van der Waals surface area contributed by atoms with Crippen LogP contribution in [0.2, 0.25) is 0 Å². The summed E-state index contributed by atoms with van der Waals surface area (Å²) < 4.78 is 6.28. The van der Waals surface area contributed by atoms with Crippen LogP contribution in [0.3, 0.4) is 0 Å². The third-order valence-electron chi connectivity index (χ3n) is 6.04. The Bertz CT molecular complexity index is 631. The lowest BCUT2D eigenvalue weighted by molar-refractivity contribution is -0.259. The summed E-state index contributed by atoms with van der Waals surface area (Å²) in [7, 11) is 0. The zero-order valence-electron chi connectivity index (χ0n) is 17.6. The van der Waals surface area contributed by atoms with Gasteiger partial charge in [0.2, 0.25) is 0 Å². The molecule has 5 heteroatoms. The predicted molar refractivity (Wildman–Crippen MR) is 112 cm³/mol. The van der Waals surface area contributed by atoms with E-state index < -0.39 is 0 Å². The summed E-state index contributed by atoms with van der Waals surface area (Å²) in [6, 6.07) is 10.1. The van der Waals surface area contributed by atoms with Gasteiger partial charge in [-0.25, -0.2) is 15.3 Å². The molecule has 3 rings (SSSR count). The maximum Gasteiger partial charge on any atom is 0.132 e. The number of hydrazine groups is 1. The lowest BCUT2D eigenvalue weighted by Crippen LogP contribution is -2.74. The van der Waals surface area contributed by atoms with Crippen molar-refractivity contribution in [3.63, 3.8) is 0 Å². The lowest BCUT2D eigenvalue weighted by Gasteiger charge is -2.60. The second-order valence-electron chi connectivity index (χ2n) is 7.99. The Morgan fingerprint density at radius 2 is 1.82 bits per heavy atom. The van der Waals surface area contributed by atoms with Crippen LogP contribution in [-0.2, 0) is 4.74 Å². The van der Waals surface area contributed by atoms with Crippen molar-refractivity contribution in [2.24, 2.45) is 0 Å². The highest BCUT2D eigenvalue weighted by Crippen LogP contribution is 2.45. The van der Waals surface area contributed by atoms with E-state index in [0.717, 1.165) is 38.2 Å². The van der Waals surface area contributed by atoms with E-state index in [1.807, 2.05) is 24.3 Å². The fourth-order valence-corrected chi connectivity index (χ4v) is 4.42. The smallest absolute Gasteiger partial charge is 0.132 e. The van der Waals surface area contributed by atoms with Crippen LogP contribution in [-0.4, -0.2) is 48.5 Å². The van der Waals surface area contributed by atoms with Crippen LogP contribution in [0, 0.1) is 11.3 Å². The zero-order valence-corrected chi connectivity index (χ0v) is 17.6. The van der Waals surface area contributed by atoms with Crippen LogP contribution in [0.15, 0.2) is 24.3 Å². The molecule has 28 heavy (non-hydrogen) atoms. The zero-order chi connectivity index (χ0) is 19.8. The van der Waals surface area contributed by atoms with Gasteiger partial charge in [-0.2, -0.15) is 5.26 Å². The highest BCUT2D eigenvalue weighted by molar-refractivity contribution is 5.34. The largest absolute Gasteiger partial charge is 0.369 e. The van der Waals surface area contributed by atoms with Crippen LogP contribution in [0.4, 0.5) is 0 Å². The van der Waals surface area contributed by atoms with Gasteiger partial charge in [0, 0.05) is 26.2 Å². The summed E-state index contributed by atoms with van der Waals surface area (Å²) in [5, 5.41) is 19.3. The first kappa shape index (κ1) is 21.3. The van der Waals surface area contributed by atoms with E-state index in [4.69, 9.17) is 15.3 Å². The second-order valence-corrected chi connectivity index (χ2v) is 7.99. The van der Waals surface area contributed by atoms with E-state index in [9.17, 15) is 0 Å². The van der Waals surface area contributed by atoms with Crippen LogP contribution in [0.25, 0.3) is 0 Å². The summed E-state index contributed by atoms with van der Waals surface area (Å²) in [6.07, 6.45) is 8.49. The van der Waals surface area contributed by atoms with Crippen LogP contribution < -0.4 is 5.32 Å². The molecule has 2 saturated heterocycles. The highest BCUT2D eigenvalue weighted by atomic mass is 16.5. The van der Waals surface area contributed by atoms with E-state index in [-0.39, 0.29) is 11.8 Å². The van der Waals surface area contributed by atoms with Crippen LogP contribution in [0.1, 0.15) is 76.0 Å². The van der Waals surface area contributed by atoms with Gasteiger partial charge in [0.1, 0.15) is 11.8 Å². The van der Waals surface area contributed by atoms with E-state index in [0.29, 0.717) is 12.2 Å². The molecule has 0 amide bonds. The fourth-order valence-electron chi connectivity index (χ4n) is 4.42. The molecular formula is C23H35N4O. The molecule has 0 bridgehead atoms. The Morgan fingerprint density at radius 1 is 1.14 bits per heavy atom. The Kier molecular flexibility index (Phi) is 7.87. The number of unbranched alkanes of at least 4 members (excludes halogenated alkanes) is 4. The molecule has 0 aromatic heterocycles. The van der Waals surface area contributed by atoms with Crippen molar-refractivity contribution in [1.82, 2.24) is 15.3 Å². The van der Waals surface area contributed by atoms with Gasteiger partial charge in [-0.15, -0.1) is 0 Å². The van der Waals surface area contributed by atoms with E-state index >= 15 is 0 Å². The van der Waals surface area contributed by atoms with Crippen LogP contribution in [0.5, 0.6) is 0 Å². The minimum absolute atomic E-state index is 0.0532. The topological polar surface area (TPSA) is 53.6 Å². The minimum atomic E-state index is -0.273. The number of ether oxygens (including phenoxy) is 1. The van der Waals surface area contributed by atoms with Gasteiger partial charge in [0.15, 0.2) is 0 Å². The molecular weight excluding hydrogens is 348 g/mol. The molecule has 0 N–H and O–H groups in total. The predicted octanol–water partition coefficient (Wildman–Crippen LogP) is 4.23. The van der Waals surface area contributed by atoms with Gasteiger partial charge < -0.3 is 4.74 Å². The normalized spacial score (nSPS) is 25.0. The van der Waals surface area contributed by atoms with E-state index in [2.05, 4.69) is 29.9 Å². The number of hydrogen-bond donors (Lipinski definition) is 0. The fraction of sp³-hybridized carbons (Fsp3) is 0.696. The van der Waals surface area contributed by atoms with Gasteiger partial charge in [0.05, 0.1) is 18.2 Å². The summed E-state index contributed by atoms with van der Waals surface area (Å²) in [5.74, 6) is 0. The molecule has 2 aliphatic rings. The second kappa shape index (κ2) is 10.4. The molecule has 5 nitrogen and oxygen atoms in total. The summed E-state index contributed by atoms with van der Waals surface area (Å²) in [4.78, 5) is 0. The molecule has 1 spiro atoms. The average Bonchev–Trinajstić information content (AvgIpc) is 2.73. The van der Waals surface area contributed by atoms with Crippen molar-refractivity contribution in [2.75, 3.05) is 32.8 Å². The number of benzene rings is 1. The SMILES string of the molecule is CCCCCN(CCCCC)N1CCC12[N]CCOC2c1ccc(C#N)cc1. The Balaban J connectivity index is 1.78. The number of nitriles is 1. The average molecular weight is 384 g/mol. The third kappa shape index (κ3) is 4.58. The molecule has 2 heterocycles. The summed E-state index contributed by atoms with van der Waals surface area (Å²) in [5.41, 5.74) is 1.55. The quantitative estimate of drug-likeness (QED) is 0.567. The standard InChI is InChI=1S/C23H35N4O/c1-3-5-7-15-26(16-8-6-4-2)27-17-13-23(27)22(28-18-14-25-23)21-11-9-20(19-24)10-12-21/h9-12,22H,3-8,13-18H2,1-2H3. The van der Waals surface area contributed by atoms with E-state index in [1.54, 1.807) is 0 Å². The maximum absolute atomic E-state index is 9.10. The molecule has 0 saturated carbocycles. The minimum Gasteiger partial charge on any atom is -0.369 e. The van der Waals surface area contributed by atoms with Gasteiger partial charge in [-0.1, -0.05) is 51.7 Å². The van der Waals surface area contributed by atoms with Crippen molar-refractivity contribution in [3.05, 3.63) is 35.4 Å². The van der Waals surface area contributed by atoms with Crippen molar-refractivity contribution in [3.8, 4) is 6.07 Å². The molecule has 1 radical (unpaired) electrons. The Hall–Kier alpha value is -1.45. The van der Waals surface area contributed by atoms with Crippen molar-refractivity contribution in [1.29, 1.82) is 5.26 Å². The van der Waals surface area contributed by atoms with Gasteiger partial charge in [-0.3, -0.25) is 0 Å². The number of rotatable bonds is 10. The first-order valence-corrected chi connectivity index (χ1v) is 11.1. The molecule has 2 aliphatic heterocycles. The van der Waals surface area contributed by atoms with Crippen molar-refractivity contribution in [2.45, 2.75) is 70.6 Å². The van der Waals surface area contributed by atoms with Crippen molar-refractivity contribution >= 4 is 0 Å². The molecule has 1 aromatic rings. The molecule has 153 valence electrons. The molecule has 2 atom stereocenters. The first-order chi connectivity index (χ1) is 13.7. The van der Waals surface area contributed by atoms with E-state index in [1.165, 1.54) is 38.5 Å². The molecule has 2 fully saturated rings. The van der Waals surface area contributed by atoms with Crippen LogP contribution >= 0.6 is 0 Å². The summed E-state index contributed by atoms with van der Waals surface area (Å²) in [6.45, 7) is 9.23. The Morgan fingerprint density at radius 3 is 2.36 bits per heavy atom. The number of hydrogen-bond acceptors (Lipinski definition) is 4. The molecule has 2 unspecified atom stereocenters. The molecule has 1 aromatic carbocycles. The van der Waals surface area contributed by atoms with Gasteiger partial charge in [-0.05, 0) is 37.0 Å². The lowest BCUT2D eigenvalue weighted by atomic mass is 9.84. The molecule has 0 aliphatic carbocycles. The Labute approximate surface area is 170 Å². The summed E-state index contributed by atoms with van der Waals surface area (Å²) >= 11 is 0. The van der Waals surface area contributed by atoms with Gasteiger partial charge >= 0.3 is 0 Å². The first-order valence-electron chi connectivity index (χ1n) is 11.1. The number of morpholine rings is 1. The maximum atomic E-state index is 9.10. The number of nitrogens with zero attached hydrogens (tertiary/aromatic N) is 4. The monoisotopic (exact) mass is 383 g/mol.